The molecule has 1 aromatic rings. The first-order valence-corrected chi connectivity index (χ1v) is 8.69. The van der Waals surface area contributed by atoms with E-state index in [1.807, 2.05) is 14.0 Å². The largest absolute Gasteiger partial charge is 0.392 e. The predicted molar refractivity (Wildman–Crippen MR) is 80.9 cm³/mol. The van der Waals surface area contributed by atoms with Crippen LogP contribution in [-0.2, 0) is 16.6 Å². The maximum atomic E-state index is 12.7. The summed E-state index contributed by atoms with van der Waals surface area (Å²) in [7, 11) is -1.52. The zero-order chi connectivity index (χ0) is 14.9. The molecule has 0 bridgehead atoms. The monoisotopic (exact) mass is 362 g/mol. The number of piperazine rings is 1. The van der Waals surface area contributed by atoms with Crippen molar-refractivity contribution >= 4 is 26.0 Å². The maximum Gasteiger partial charge on any atom is 0.244 e. The van der Waals surface area contributed by atoms with Crippen molar-refractivity contribution in [1.82, 2.24) is 9.21 Å². The Kier molecular flexibility index (Phi) is 4.86. The van der Waals surface area contributed by atoms with Crippen LogP contribution in [0.25, 0.3) is 0 Å². The number of sulfonamides is 1. The summed E-state index contributed by atoms with van der Waals surface area (Å²) in [6.45, 7) is 3.77. The Morgan fingerprint density at radius 1 is 1.40 bits per heavy atom. The van der Waals surface area contributed by atoms with Gasteiger partial charge in [-0.05, 0) is 47.6 Å². The van der Waals surface area contributed by atoms with Crippen LogP contribution in [0.2, 0.25) is 0 Å². The topological polar surface area (TPSA) is 60.9 Å². The lowest BCUT2D eigenvalue weighted by Gasteiger charge is -2.37. The van der Waals surface area contributed by atoms with Gasteiger partial charge in [0.1, 0.15) is 0 Å². The van der Waals surface area contributed by atoms with Gasteiger partial charge >= 0.3 is 0 Å². The van der Waals surface area contributed by atoms with Crippen LogP contribution < -0.4 is 0 Å². The van der Waals surface area contributed by atoms with E-state index in [-0.39, 0.29) is 17.5 Å². The number of halogens is 1. The van der Waals surface area contributed by atoms with E-state index in [0.717, 1.165) is 13.1 Å². The Hall–Kier alpha value is -0.470. The van der Waals surface area contributed by atoms with Crippen molar-refractivity contribution in [1.29, 1.82) is 0 Å². The van der Waals surface area contributed by atoms with Gasteiger partial charge in [0.2, 0.25) is 10.0 Å². The Morgan fingerprint density at radius 2 is 2.10 bits per heavy atom. The molecule has 112 valence electrons. The van der Waals surface area contributed by atoms with Crippen molar-refractivity contribution in [2.75, 3.05) is 26.7 Å². The van der Waals surface area contributed by atoms with E-state index < -0.39 is 10.0 Å². The first-order valence-electron chi connectivity index (χ1n) is 6.46. The second-order valence-corrected chi connectivity index (χ2v) is 7.86. The Morgan fingerprint density at radius 3 is 2.65 bits per heavy atom. The third-order valence-electron chi connectivity index (χ3n) is 3.54. The van der Waals surface area contributed by atoms with Gasteiger partial charge in [-0.15, -0.1) is 0 Å². The van der Waals surface area contributed by atoms with Crippen molar-refractivity contribution in [3.05, 3.63) is 28.2 Å². The van der Waals surface area contributed by atoms with Gasteiger partial charge < -0.3 is 10.0 Å². The van der Waals surface area contributed by atoms with E-state index in [0.29, 0.717) is 16.6 Å². The van der Waals surface area contributed by atoms with Crippen LogP contribution in [0.5, 0.6) is 0 Å². The van der Waals surface area contributed by atoms with E-state index in [1.165, 1.54) is 0 Å². The molecule has 0 aromatic heterocycles. The van der Waals surface area contributed by atoms with E-state index >= 15 is 0 Å². The molecule has 0 saturated carbocycles. The first-order chi connectivity index (χ1) is 9.36. The molecule has 1 aliphatic rings. The highest BCUT2D eigenvalue weighted by Gasteiger charge is 2.33. The van der Waals surface area contributed by atoms with Gasteiger partial charge in [0.15, 0.2) is 0 Å². The van der Waals surface area contributed by atoms with Gasteiger partial charge in [-0.25, -0.2) is 8.42 Å². The second kappa shape index (κ2) is 6.11. The molecule has 1 aliphatic heterocycles. The van der Waals surface area contributed by atoms with Gasteiger partial charge in [-0.1, -0.05) is 6.07 Å². The fourth-order valence-corrected chi connectivity index (χ4v) is 5.16. The van der Waals surface area contributed by atoms with Crippen LogP contribution in [0.15, 0.2) is 27.6 Å². The SMILES string of the molecule is CC1CN(C)CCN1S(=O)(=O)c1ccc(CO)cc1Br. The van der Waals surface area contributed by atoms with Gasteiger partial charge in [-0.2, -0.15) is 4.31 Å². The summed E-state index contributed by atoms with van der Waals surface area (Å²) in [5.41, 5.74) is 0.683. The highest BCUT2D eigenvalue weighted by molar-refractivity contribution is 9.10. The summed E-state index contributed by atoms with van der Waals surface area (Å²) >= 11 is 3.29. The normalized spacial score (nSPS) is 22.1. The Balaban J connectivity index is 2.35. The Labute approximate surface area is 128 Å². The molecule has 0 spiro atoms. The van der Waals surface area contributed by atoms with Crippen LogP contribution in [0, 0.1) is 0 Å². The smallest absolute Gasteiger partial charge is 0.244 e. The molecule has 2 rings (SSSR count). The minimum Gasteiger partial charge on any atom is -0.392 e. The third-order valence-corrected chi connectivity index (χ3v) is 6.53. The zero-order valence-corrected chi connectivity index (χ0v) is 14.0. The number of aliphatic hydroxyl groups excluding tert-OH is 1. The molecule has 0 amide bonds. The molecular formula is C13H19BrN2O3S. The Bertz CT molecular complexity index is 591. The lowest BCUT2D eigenvalue weighted by molar-refractivity contribution is 0.170. The average molecular weight is 363 g/mol. The molecular weight excluding hydrogens is 344 g/mol. The lowest BCUT2D eigenvalue weighted by Crippen LogP contribution is -2.52. The van der Waals surface area contributed by atoms with Gasteiger partial charge in [-0.3, -0.25) is 0 Å². The number of rotatable bonds is 3. The number of nitrogens with zero attached hydrogens (tertiary/aromatic N) is 2. The molecule has 1 aromatic carbocycles. The van der Waals surface area contributed by atoms with Crippen molar-refractivity contribution in [2.24, 2.45) is 0 Å². The average Bonchev–Trinajstić information content (AvgIpc) is 2.37. The van der Waals surface area contributed by atoms with Crippen LogP contribution in [0.3, 0.4) is 0 Å². The summed E-state index contributed by atoms with van der Waals surface area (Å²) in [5, 5.41) is 9.09. The maximum absolute atomic E-state index is 12.7. The second-order valence-electron chi connectivity index (χ2n) is 5.15. The minimum absolute atomic E-state index is 0.0526. The number of hydrogen-bond donors (Lipinski definition) is 1. The van der Waals surface area contributed by atoms with E-state index in [9.17, 15) is 8.42 Å². The predicted octanol–water partition coefficient (Wildman–Crippen LogP) is 1.27. The fraction of sp³-hybridized carbons (Fsp3) is 0.538. The van der Waals surface area contributed by atoms with E-state index in [1.54, 1.807) is 22.5 Å². The molecule has 1 unspecified atom stereocenters. The van der Waals surface area contributed by atoms with Crippen LogP contribution in [-0.4, -0.2) is 55.5 Å². The first kappa shape index (κ1) is 15.9. The fourth-order valence-electron chi connectivity index (χ4n) is 2.46. The molecule has 20 heavy (non-hydrogen) atoms. The summed E-state index contributed by atoms with van der Waals surface area (Å²) in [6.07, 6.45) is 0. The zero-order valence-electron chi connectivity index (χ0n) is 11.6. The summed E-state index contributed by atoms with van der Waals surface area (Å²) in [5.74, 6) is 0. The van der Waals surface area contributed by atoms with Crippen LogP contribution in [0.1, 0.15) is 12.5 Å². The highest BCUT2D eigenvalue weighted by atomic mass is 79.9. The van der Waals surface area contributed by atoms with Gasteiger partial charge in [0, 0.05) is 30.1 Å². The van der Waals surface area contributed by atoms with Crippen LogP contribution in [0.4, 0.5) is 0 Å². The van der Waals surface area contributed by atoms with Crippen molar-refractivity contribution in [3.63, 3.8) is 0 Å². The highest BCUT2D eigenvalue weighted by Crippen LogP contribution is 2.28. The molecule has 1 saturated heterocycles. The summed E-state index contributed by atoms with van der Waals surface area (Å²) in [4.78, 5) is 2.38. The molecule has 1 heterocycles. The van der Waals surface area contributed by atoms with Crippen LogP contribution >= 0.6 is 15.9 Å². The molecule has 1 fully saturated rings. The molecule has 1 N–H and O–H groups in total. The van der Waals surface area contributed by atoms with Crippen molar-refractivity contribution in [3.8, 4) is 0 Å². The quantitative estimate of drug-likeness (QED) is 0.879. The number of likely N-dealkylation sites (N-methyl/N-ethyl adjacent to an activating group) is 1. The molecule has 1 atom stereocenters. The molecule has 0 radical (unpaired) electrons. The summed E-state index contributed by atoms with van der Waals surface area (Å²) < 4.78 is 27.5. The molecule has 7 heteroatoms. The third kappa shape index (κ3) is 3.07. The van der Waals surface area contributed by atoms with Crippen molar-refractivity contribution < 1.29 is 13.5 Å². The minimum atomic E-state index is -3.51. The summed E-state index contributed by atoms with van der Waals surface area (Å²) in [6, 6.07) is 4.78. The number of aliphatic hydroxyl groups is 1. The van der Waals surface area contributed by atoms with Crippen molar-refractivity contribution in [2.45, 2.75) is 24.5 Å². The molecule has 5 nitrogen and oxygen atoms in total. The van der Waals surface area contributed by atoms with Gasteiger partial charge in [0.25, 0.3) is 0 Å². The van der Waals surface area contributed by atoms with E-state index in [2.05, 4.69) is 20.8 Å². The molecule has 0 aliphatic carbocycles. The van der Waals surface area contributed by atoms with E-state index in [4.69, 9.17) is 5.11 Å². The number of benzene rings is 1. The lowest BCUT2D eigenvalue weighted by atomic mass is 10.2. The number of hydrogen-bond acceptors (Lipinski definition) is 4. The standard InChI is InChI=1S/C13H19BrN2O3S/c1-10-8-15(2)5-6-16(10)20(18,19)13-4-3-11(9-17)7-12(13)14/h3-4,7,10,17H,5-6,8-9H2,1-2H3. The van der Waals surface area contributed by atoms with Gasteiger partial charge in [0.05, 0.1) is 11.5 Å².